The average molecular weight is 311 g/mol. The van der Waals surface area contributed by atoms with Gasteiger partial charge in [0.1, 0.15) is 0 Å². The van der Waals surface area contributed by atoms with E-state index in [0.717, 1.165) is 44.6 Å². The summed E-state index contributed by atoms with van der Waals surface area (Å²) in [5.41, 5.74) is 0.607. The normalized spacial score (nSPS) is 18.2. The molecule has 3 nitrogen and oxygen atoms in total. The van der Waals surface area contributed by atoms with Crippen LogP contribution in [-0.4, -0.2) is 30.6 Å². The van der Waals surface area contributed by atoms with Crippen LogP contribution in [0.1, 0.15) is 38.2 Å². The number of hydrogen-bond acceptors (Lipinski definition) is 2. The van der Waals surface area contributed by atoms with Gasteiger partial charge in [0, 0.05) is 32.7 Å². The molecular formula is C17H23F2NO2. The SMILES string of the molecule is CCN(Cc1ccc(F)c(F)c1)C(=O)CC[C@H]1CCCOC1. The van der Waals surface area contributed by atoms with Gasteiger partial charge in [-0.1, -0.05) is 6.07 Å². The van der Waals surface area contributed by atoms with Crippen LogP contribution in [0.5, 0.6) is 0 Å². The van der Waals surface area contributed by atoms with Crippen molar-refractivity contribution in [2.75, 3.05) is 19.8 Å². The van der Waals surface area contributed by atoms with Crippen LogP contribution in [0, 0.1) is 17.6 Å². The number of amides is 1. The zero-order valence-corrected chi connectivity index (χ0v) is 13.0. The summed E-state index contributed by atoms with van der Waals surface area (Å²) in [7, 11) is 0. The largest absolute Gasteiger partial charge is 0.381 e. The van der Waals surface area contributed by atoms with Crippen molar-refractivity contribution in [3.05, 3.63) is 35.4 Å². The molecule has 1 amide bonds. The lowest BCUT2D eigenvalue weighted by molar-refractivity contribution is -0.132. The summed E-state index contributed by atoms with van der Waals surface area (Å²) in [6.45, 7) is 4.32. The maximum atomic E-state index is 13.2. The summed E-state index contributed by atoms with van der Waals surface area (Å²) in [6, 6.07) is 3.77. The Labute approximate surface area is 130 Å². The molecule has 1 aromatic carbocycles. The summed E-state index contributed by atoms with van der Waals surface area (Å²) in [5.74, 6) is -1.23. The van der Waals surface area contributed by atoms with Gasteiger partial charge < -0.3 is 9.64 Å². The van der Waals surface area contributed by atoms with E-state index in [4.69, 9.17) is 4.74 Å². The van der Waals surface area contributed by atoms with Crippen molar-refractivity contribution in [3.63, 3.8) is 0 Å². The van der Waals surface area contributed by atoms with Crippen molar-refractivity contribution in [2.24, 2.45) is 5.92 Å². The minimum atomic E-state index is -0.875. The topological polar surface area (TPSA) is 29.5 Å². The van der Waals surface area contributed by atoms with E-state index >= 15 is 0 Å². The highest BCUT2D eigenvalue weighted by molar-refractivity contribution is 5.76. The monoisotopic (exact) mass is 311 g/mol. The Kier molecular flexibility index (Phi) is 6.31. The van der Waals surface area contributed by atoms with Crippen molar-refractivity contribution in [3.8, 4) is 0 Å². The fourth-order valence-corrected chi connectivity index (χ4v) is 2.76. The molecule has 0 saturated carbocycles. The van der Waals surface area contributed by atoms with E-state index in [9.17, 15) is 13.6 Å². The van der Waals surface area contributed by atoms with E-state index in [0.29, 0.717) is 31.0 Å². The Hall–Kier alpha value is -1.49. The molecule has 0 N–H and O–H groups in total. The number of halogens is 2. The molecule has 1 aliphatic heterocycles. The summed E-state index contributed by atoms with van der Waals surface area (Å²) in [6.07, 6.45) is 3.48. The maximum absolute atomic E-state index is 13.2. The summed E-state index contributed by atoms with van der Waals surface area (Å²) in [4.78, 5) is 14.0. The first-order chi connectivity index (χ1) is 10.6. The Balaban J connectivity index is 1.86. The second-order valence-electron chi connectivity index (χ2n) is 5.78. The molecule has 0 bridgehead atoms. The van der Waals surface area contributed by atoms with E-state index in [1.807, 2.05) is 6.92 Å². The van der Waals surface area contributed by atoms with E-state index in [1.165, 1.54) is 6.07 Å². The molecule has 1 heterocycles. The van der Waals surface area contributed by atoms with Gasteiger partial charge in [-0.05, 0) is 49.8 Å². The van der Waals surface area contributed by atoms with Gasteiger partial charge in [0.15, 0.2) is 11.6 Å². The van der Waals surface area contributed by atoms with E-state index in [1.54, 1.807) is 4.90 Å². The lowest BCUT2D eigenvalue weighted by atomic mass is 9.96. The lowest BCUT2D eigenvalue weighted by Gasteiger charge is -2.24. The van der Waals surface area contributed by atoms with Gasteiger partial charge in [-0.25, -0.2) is 8.78 Å². The molecule has 122 valence electrons. The van der Waals surface area contributed by atoms with E-state index in [2.05, 4.69) is 0 Å². The van der Waals surface area contributed by atoms with Crippen LogP contribution in [0.3, 0.4) is 0 Å². The predicted molar refractivity (Wildman–Crippen MR) is 80.2 cm³/mol. The van der Waals surface area contributed by atoms with Crippen LogP contribution < -0.4 is 0 Å². The van der Waals surface area contributed by atoms with Crippen LogP contribution in [0.25, 0.3) is 0 Å². The van der Waals surface area contributed by atoms with Crippen molar-refractivity contribution >= 4 is 5.91 Å². The molecule has 5 heteroatoms. The quantitative estimate of drug-likeness (QED) is 0.804. The van der Waals surface area contributed by atoms with Gasteiger partial charge in [-0.3, -0.25) is 4.79 Å². The molecule has 1 aliphatic rings. The van der Waals surface area contributed by atoms with Gasteiger partial charge >= 0.3 is 0 Å². The second kappa shape index (κ2) is 8.22. The molecule has 0 radical (unpaired) electrons. The Morgan fingerprint density at radius 3 is 2.82 bits per heavy atom. The zero-order chi connectivity index (χ0) is 15.9. The van der Waals surface area contributed by atoms with Crippen LogP contribution in [0.4, 0.5) is 8.78 Å². The van der Waals surface area contributed by atoms with Crippen molar-refractivity contribution in [1.82, 2.24) is 4.90 Å². The highest BCUT2D eigenvalue weighted by atomic mass is 19.2. The molecule has 1 aromatic rings. The first-order valence-electron chi connectivity index (χ1n) is 7.89. The van der Waals surface area contributed by atoms with Gasteiger partial charge in [0.25, 0.3) is 0 Å². The van der Waals surface area contributed by atoms with Crippen molar-refractivity contribution in [2.45, 2.75) is 39.2 Å². The number of carbonyl (C=O) groups is 1. The standard InChI is InChI=1S/C17H23F2NO2/c1-2-20(11-14-5-7-15(18)16(19)10-14)17(21)8-6-13-4-3-9-22-12-13/h5,7,10,13H,2-4,6,8-9,11-12H2,1H3/t13-/m1/s1. The minimum absolute atomic E-state index is 0.0535. The first-order valence-corrected chi connectivity index (χ1v) is 7.89. The summed E-state index contributed by atoms with van der Waals surface area (Å²) < 4.78 is 31.6. The molecule has 1 saturated heterocycles. The second-order valence-corrected chi connectivity index (χ2v) is 5.78. The lowest BCUT2D eigenvalue weighted by Crippen LogP contribution is -2.31. The van der Waals surface area contributed by atoms with E-state index in [-0.39, 0.29) is 5.91 Å². The highest BCUT2D eigenvalue weighted by Crippen LogP contribution is 2.20. The first kappa shape index (κ1) is 16.9. The van der Waals surface area contributed by atoms with Crippen molar-refractivity contribution in [1.29, 1.82) is 0 Å². The number of benzene rings is 1. The number of nitrogens with zero attached hydrogens (tertiary/aromatic N) is 1. The molecule has 1 atom stereocenters. The number of rotatable bonds is 6. The van der Waals surface area contributed by atoms with Crippen LogP contribution in [0.2, 0.25) is 0 Å². The molecule has 0 aromatic heterocycles. The fourth-order valence-electron chi connectivity index (χ4n) is 2.76. The smallest absolute Gasteiger partial charge is 0.222 e. The summed E-state index contributed by atoms with van der Waals surface area (Å²) in [5, 5.41) is 0. The van der Waals surface area contributed by atoms with Crippen LogP contribution in [-0.2, 0) is 16.1 Å². The van der Waals surface area contributed by atoms with Crippen molar-refractivity contribution < 1.29 is 18.3 Å². The zero-order valence-electron chi connectivity index (χ0n) is 13.0. The minimum Gasteiger partial charge on any atom is -0.381 e. The Morgan fingerprint density at radius 2 is 2.18 bits per heavy atom. The third kappa shape index (κ3) is 4.77. The van der Waals surface area contributed by atoms with Crippen LogP contribution >= 0.6 is 0 Å². The predicted octanol–water partition coefficient (Wildman–Crippen LogP) is 3.52. The molecule has 1 fully saturated rings. The van der Waals surface area contributed by atoms with Gasteiger partial charge in [0.2, 0.25) is 5.91 Å². The molecular weight excluding hydrogens is 288 g/mol. The number of ether oxygens (including phenoxy) is 1. The third-order valence-corrected chi connectivity index (χ3v) is 4.11. The molecule has 2 rings (SSSR count). The Bertz CT molecular complexity index is 501. The van der Waals surface area contributed by atoms with E-state index < -0.39 is 11.6 Å². The van der Waals surface area contributed by atoms with Gasteiger partial charge in [0.05, 0.1) is 0 Å². The molecule has 0 spiro atoms. The molecule has 0 unspecified atom stereocenters. The average Bonchev–Trinajstić information content (AvgIpc) is 2.54. The van der Waals surface area contributed by atoms with Gasteiger partial charge in [-0.2, -0.15) is 0 Å². The Morgan fingerprint density at radius 1 is 1.36 bits per heavy atom. The maximum Gasteiger partial charge on any atom is 0.222 e. The highest BCUT2D eigenvalue weighted by Gasteiger charge is 2.18. The summed E-state index contributed by atoms with van der Waals surface area (Å²) >= 11 is 0. The molecule has 0 aliphatic carbocycles. The molecule has 22 heavy (non-hydrogen) atoms. The van der Waals surface area contributed by atoms with Crippen LogP contribution in [0.15, 0.2) is 18.2 Å². The van der Waals surface area contributed by atoms with Gasteiger partial charge in [-0.15, -0.1) is 0 Å². The fraction of sp³-hybridized carbons (Fsp3) is 0.588. The number of hydrogen-bond donors (Lipinski definition) is 0. The number of carbonyl (C=O) groups excluding carboxylic acids is 1. The third-order valence-electron chi connectivity index (χ3n) is 4.11.